The molecule has 0 bridgehead atoms. The molecule has 1 spiro atoms. The second-order valence-electron chi connectivity index (χ2n) is 7.04. The Balaban J connectivity index is 1.59. The van der Waals surface area contributed by atoms with Crippen LogP contribution in [0.3, 0.4) is 0 Å². The molecule has 0 atom stereocenters. The standard InChI is InChI=1S/C20H18N2O2/c23-18-13-7-3-2-6-12(13)10-14-15(18)11-16-17(19(14)24)22-20(21-16)8-4-1-5-9-20/h2-3,6-7,10-11,21-22H,1,4-5,8-9H2. The lowest BCUT2D eigenvalue weighted by molar-refractivity contribution is -0.112. The van der Waals surface area contributed by atoms with Crippen molar-refractivity contribution in [3.05, 3.63) is 64.0 Å². The topological polar surface area (TPSA) is 58.2 Å². The number of fused-ring (bicyclic) bond motifs is 2. The van der Waals surface area contributed by atoms with Gasteiger partial charge in [-0.25, -0.2) is 0 Å². The second-order valence-corrected chi connectivity index (χ2v) is 7.04. The van der Waals surface area contributed by atoms with Crippen molar-refractivity contribution in [2.24, 2.45) is 0 Å². The van der Waals surface area contributed by atoms with E-state index in [4.69, 9.17) is 0 Å². The van der Waals surface area contributed by atoms with Gasteiger partial charge in [-0.3, -0.25) is 9.59 Å². The Labute approximate surface area is 140 Å². The molecule has 4 aliphatic rings. The van der Waals surface area contributed by atoms with E-state index in [0.29, 0.717) is 22.4 Å². The van der Waals surface area contributed by atoms with Crippen molar-refractivity contribution < 1.29 is 9.59 Å². The van der Waals surface area contributed by atoms with E-state index in [0.717, 1.165) is 36.9 Å². The van der Waals surface area contributed by atoms with Gasteiger partial charge in [0.15, 0.2) is 5.78 Å². The third kappa shape index (κ3) is 1.80. The Hall–Kier alpha value is -2.62. The third-order valence-corrected chi connectivity index (χ3v) is 5.52. The van der Waals surface area contributed by atoms with Crippen molar-refractivity contribution in [1.82, 2.24) is 10.6 Å². The van der Waals surface area contributed by atoms with Crippen molar-refractivity contribution in [2.75, 3.05) is 0 Å². The summed E-state index contributed by atoms with van der Waals surface area (Å²) < 4.78 is 0. The highest BCUT2D eigenvalue weighted by Crippen LogP contribution is 2.39. The SMILES string of the molecule is O=C1C2=Cc3ccccc3C(=O)C2=CC2=C1NC1(CCCCC1)N2. The first-order valence-corrected chi connectivity index (χ1v) is 8.60. The summed E-state index contributed by atoms with van der Waals surface area (Å²) in [6, 6.07) is 7.46. The van der Waals surface area contributed by atoms with Gasteiger partial charge < -0.3 is 10.6 Å². The highest BCUT2D eigenvalue weighted by atomic mass is 16.1. The van der Waals surface area contributed by atoms with E-state index < -0.39 is 0 Å². The van der Waals surface area contributed by atoms with Crippen LogP contribution in [-0.2, 0) is 4.79 Å². The normalized spacial score (nSPS) is 23.7. The van der Waals surface area contributed by atoms with Crippen molar-refractivity contribution in [2.45, 2.75) is 37.8 Å². The highest BCUT2D eigenvalue weighted by molar-refractivity contribution is 6.29. The predicted molar refractivity (Wildman–Crippen MR) is 91.0 cm³/mol. The number of benzene rings is 1. The van der Waals surface area contributed by atoms with Gasteiger partial charge in [-0.2, -0.15) is 0 Å². The predicted octanol–water partition coefficient (Wildman–Crippen LogP) is 2.84. The van der Waals surface area contributed by atoms with Crippen LogP contribution in [0.2, 0.25) is 0 Å². The molecule has 0 aromatic heterocycles. The van der Waals surface area contributed by atoms with E-state index in [2.05, 4.69) is 10.6 Å². The summed E-state index contributed by atoms with van der Waals surface area (Å²) in [6.07, 6.45) is 9.26. The van der Waals surface area contributed by atoms with E-state index in [-0.39, 0.29) is 17.2 Å². The van der Waals surface area contributed by atoms with Crippen molar-refractivity contribution >= 4 is 17.6 Å². The molecule has 3 aliphatic carbocycles. The fourth-order valence-corrected chi connectivity index (χ4v) is 4.29. The minimum Gasteiger partial charge on any atom is -0.361 e. The lowest BCUT2D eigenvalue weighted by Crippen LogP contribution is -2.51. The molecule has 1 aliphatic heterocycles. The van der Waals surface area contributed by atoms with Crippen LogP contribution in [0.4, 0.5) is 0 Å². The average molecular weight is 318 g/mol. The van der Waals surface area contributed by atoms with Crippen LogP contribution in [0.5, 0.6) is 0 Å². The van der Waals surface area contributed by atoms with Gasteiger partial charge in [0.2, 0.25) is 5.78 Å². The first kappa shape index (κ1) is 13.8. The van der Waals surface area contributed by atoms with Gasteiger partial charge in [0.25, 0.3) is 0 Å². The summed E-state index contributed by atoms with van der Waals surface area (Å²) in [7, 11) is 0. The number of hydrogen-bond acceptors (Lipinski definition) is 4. The van der Waals surface area contributed by atoms with Crippen LogP contribution in [0, 0.1) is 0 Å². The zero-order valence-electron chi connectivity index (χ0n) is 13.3. The molecule has 0 saturated heterocycles. The maximum Gasteiger partial charge on any atom is 0.211 e. The number of nitrogens with one attached hydrogen (secondary N) is 2. The second kappa shape index (κ2) is 4.69. The summed E-state index contributed by atoms with van der Waals surface area (Å²) in [5.41, 5.74) is 3.72. The maximum absolute atomic E-state index is 13.0. The van der Waals surface area contributed by atoms with Crippen LogP contribution in [0.1, 0.15) is 48.0 Å². The van der Waals surface area contributed by atoms with Gasteiger partial charge in [0.1, 0.15) is 11.4 Å². The quantitative estimate of drug-likeness (QED) is 0.772. The lowest BCUT2D eigenvalue weighted by atomic mass is 9.81. The minimum absolute atomic E-state index is 0.0607. The minimum atomic E-state index is -0.209. The van der Waals surface area contributed by atoms with E-state index in [9.17, 15) is 9.59 Å². The molecule has 0 unspecified atom stereocenters. The average Bonchev–Trinajstić information content (AvgIpc) is 2.95. The fraction of sp³-hybridized carbons (Fsp3) is 0.300. The largest absolute Gasteiger partial charge is 0.361 e. The van der Waals surface area contributed by atoms with Gasteiger partial charge in [0.05, 0.1) is 5.70 Å². The van der Waals surface area contributed by atoms with Gasteiger partial charge in [0, 0.05) is 16.7 Å². The van der Waals surface area contributed by atoms with E-state index in [1.165, 1.54) is 6.42 Å². The summed E-state index contributed by atoms with van der Waals surface area (Å²) >= 11 is 0. The molecule has 2 N–H and O–H groups in total. The Bertz CT molecular complexity index is 883. The monoisotopic (exact) mass is 318 g/mol. The van der Waals surface area contributed by atoms with E-state index in [1.54, 1.807) is 0 Å². The van der Waals surface area contributed by atoms with E-state index in [1.807, 2.05) is 36.4 Å². The Morgan fingerprint density at radius 2 is 1.58 bits per heavy atom. The molecule has 24 heavy (non-hydrogen) atoms. The number of ketones is 2. The number of Topliss-reactive ketones (excluding diaryl/α,β-unsaturated/α-hetero) is 2. The lowest BCUT2D eigenvalue weighted by Gasteiger charge is -2.35. The van der Waals surface area contributed by atoms with Crippen LogP contribution in [0.25, 0.3) is 6.08 Å². The van der Waals surface area contributed by atoms with Crippen LogP contribution >= 0.6 is 0 Å². The molecule has 1 saturated carbocycles. The van der Waals surface area contributed by atoms with Crippen molar-refractivity contribution in [3.63, 3.8) is 0 Å². The zero-order valence-corrected chi connectivity index (χ0v) is 13.3. The fourth-order valence-electron chi connectivity index (χ4n) is 4.29. The molecule has 1 heterocycles. The molecule has 1 aromatic carbocycles. The molecule has 5 rings (SSSR count). The summed E-state index contributed by atoms with van der Waals surface area (Å²) in [5, 5.41) is 6.96. The summed E-state index contributed by atoms with van der Waals surface area (Å²) in [6.45, 7) is 0. The molecule has 0 radical (unpaired) electrons. The highest BCUT2D eigenvalue weighted by Gasteiger charge is 2.44. The first-order valence-electron chi connectivity index (χ1n) is 8.60. The molecule has 1 aromatic rings. The third-order valence-electron chi connectivity index (χ3n) is 5.52. The molecule has 1 fully saturated rings. The van der Waals surface area contributed by atoms with Gasteiger partial charge in [-0.05, 0) is 43.4 Å². The first-order chi connectivity index (χ1) is 11.7. The Morgan fingerprint density at radius 3 is 2.42 bits per heavy atom. The van der Waals surface area contributed by atoms with Crippen LogP contribution < -0.4 is 10.6 Å². The van der Waals surface area contributed by atoms with Crippen LogP contribution in [-0.4, -0.2) is 17.2 Å². The number of carbonyl (C=O) groups is 2. The molecule has 4 nitrogen and oxygen atoms in total. The summed E-state index contributed by atoms with van der Waals surface area (Å²) in [4.78, 5) is 25.8. The van der Waals surface area contributed by atoms with Crippen LogP contribution in [0.15, 0.2) is 52.9 Å². The molecular weight excluding hydrogens is 300 g/mol. The summed E-state index contributed by atoms with van der Waals surface area (Å²) in [5.74, 6) is -0.130. The van der Waals surface area contributed by atoms with Gasteiger partial charge >= 0.3 is 0 Å². The number of carbonyl (C=O) groups excluding carboxylic acids is 2. The Morgan fingerprint density at radius 1 is 0.833 bits per heavy atom. The number of rotatable bonds is 0. The molecular formula is C20H18N2O2. The van der Waals surface area contributed by atoms with Crippen molar-refractivity contribution in [3.8, 4) is 0 Å². The Kier molecular flexibility index (Phi) is 2.70. The molecule has 120 valence electrons. The van der Waals surface area contributed by atoms with Gasteiger partial charge in [-0.1, -0.05) is 30.7 Å². The number of allylic oxidation sites excluding steroid dienone is 3. The molecule has 0 amide bonds. The zero-order chi connectivity index (χ0) is 16.3. The van der Waals surface area contributed by atoms with Gasteiger partial charge in [-0.15, -0.1) is 0 Å². The smallest absolute Gasteiger partial charge is 0.211 e. The number of hydrogen-bond donors (Lipinski definition) is 2. The van der Waals surface area contributed by atoms with Crippen molar-refractivity contribution in [1.29, 1.82) is 0 Å². The molecule has 4 heteroatoms. The van der Waals surface area contributed by atoms with E-state index >= 15 is 0 Å². The maximum atomic E-state index is 13.0.